The summed E-state index contributed by atoms with van der Waals surface area (Å²) in [6, 6.07) is 11.1. The Labute approximate surface area is 208 Å². The number of halogens is 1. The Bertz CT molecular complexity index is 1200. The number of amides is 2. The van der Waals surface area contributed by atoms with Crippen LogP contribution in [0.5, 0.6) is 11.5 Å². The average molecular weight is 547 g/mol. The highest BCUT2D eigenvalue weighted by molar-refractivity contribution is 9.10. The first kappa shape index (κ1) is 24.7. The number of ether oxygens (including phenoxy) is 2. The van der Waals surface area contributed by atoms with Gasteiger partial charge >= 0.3 is 11.9 Å². The monoisotopic (exact) mass is 546 g/mol. The number of hydrogen-bond acceptors (Lipinski definition) is 7. The van der Waals surface area contributed by atoms with Crippen LogP contribution in [-0.2, 0) is 25.7 Å². The van der Waals surface area contributed by atoms with Crippen molar-refractivity contribution in [2.24, 2.45) is 11.8 Å². The van der Waals surface area contributed by atoms with Gasteiger partial charge in [-0.3, -0.25) is 29.4 Å². The van der Waals surface area contributed by atoms with Gasteiger partial charge in [-0.15, -0.1) is 0 Å². The first-order valence-electron chi connectivity index (χ1n) is 10.7. The first-order valence-corrected chi connectivity index (χ1v) is 11.5. The molecule has 2 aliphatic rings. The van der Waals surface area contributed by atoms with Crippen LogP contribution in [0.15, 0.2) is 46.9 Å². The first-order chi connectivity index (χ1) is 16.6. The summed E-state index contributed by atoms with van der Waals surface area (Å²) < 4.78 is 11.2. The normalized spacial score (nSPS) is 25.5. The Morgan fingerprint density at radius 3 is 2.34 bits per heavy atom. The molecule has 0 aromatic heterocycles. The van der Waals surface area contributed by atoms with Crippen LogP contribution < -0.4 is 14.8 Å². The zero-order valence-corrected chi connectivity index (χ0v) is 20.4. The molecular formula is C24H23BrN2O8. The van der Waals surface area contributed by atoms with Crippen molar-refractivity contribution in [3.63, 3.8) is 0 Å². The van der Waals surface area contributed by atoms with Crippen molar-refractivity contribution in [3.05, 3.63) is 58.1 Å². The van der Waals surface area contributed by atoms with E-state index in [9.17, 15) is 29.4 Å². The lowest BCUT2D eigenvalue weighted by molar-refractivity contribution is -0.156. The highest BCUT2D eigenvalue weighted by Gasteiger charge is 2.69. The Hall–Kier alpha value is -3.44. The van der Waals surface area contributed by atoms with E-state index in [1.165, 1.54) is 14.2 Å². The number of fused-ring (bicyclic) bond motifs is 1. The topological polar surface area (TPSA) is 142 Å². The van der Waals surface area contributed by atoms with Gasteiger partial charge in [0, 0.05) is 6.04 Å². The van der Waals surface area contributed by atoms with Gasteiger partial charge in [-0.25, -0.2) is 0 Å². The summed E-state index contributed by atoms with van der Waals surface area (Å²) in [6.07, 6.45) is -0.882. The molecule has 2 aromatic carbocycles. The molecule has 0 spiro atoms. The number of benzene rings is 2. The number of likely N-dealkylation sites (tertiary alicyclic amines) is 1. The minimum atomic E-state index is -2.18. The van der Waals surface area contributed by atoms with E-state index in [0.29, 0.717) is 27.1 Å². The van der Waals surface area contributed by atoms with Gasteiger partial charge in [0.2, 0.25) is 11.8 Å². The van der Waals surface area contributed by atoms with Crippen molar-refractivity contribution in [3.8, 4) is 11.5 Å². The van der Waals surface area contributed by atoms with Crippen LogP contribution >= 0.6 is 15.9 Å². The molecule has 0 aliphatic carbocycles. The molecule has 0 bridgehead atoms. The quantitative estimate of drug-likeness (QED) is 0.424. The summed E-state index contributed by atoms with van der Waals surface area (Å²) in [6.45, 7) is -0.0450. The number of nitrogens with zero attached hydrogens (tertiary/aromatic N) is 1. The van der Waals surface area contributed by atoms with Gasteiger partial charge in [-0.1, -0.05) is 30.3 Å². The average Bonchev–Trinajstić information content (AvgIpc) is 3.28. The number of carboxylic acids is 2. The van der Waals surface area contributed by atoms with Gasteiger partial charge in [-0.2, -0.15) is 0 Å². The molecular weight excluding hydrogens is 524 g/mol. The maximum atomic E-state index is 13.6. The predicted octanol–water partition coefficient (Wildman–Crippen LogP) is 2.21. The standard InChI is InChI=1S/C24H23BrN2O8/c1-34-15-9-13(8-14(25)20(15)35-2)19-17-18(24(26-19,23(32)33)10-16(28)29)22(31)27(21(17)30)11-12-6-4-3-5-7-12/h3-9,17-19,26H,10-11H2,1-2H3,(H,28,29)(H,32,33). The molecule has 3 N–H and O–H groups in total. The second-order valence-corrected chi connectivity index (χ2v) is 9.31. The third-order valence-corrected chi connectivity index (χ3v) is 7.14. The molecule has 4 rings (SSSR count). The number of rotatable bonds is 8. The fourth-order valence-corrected chi connectivity index (χ4v) is 5.68. The highest BCUT2D eigenvalue weighted by atomic mass is 79.9. The smallest absolute Gasteiger partial charge is 0.325 e. The zero-order valence-electron chi connectivity index (χ0n) is 18.9. The highest BCUT2D eigenvalue weighted by Crippen LogP contribution is 2.52. The van der Waals surface area contributed by atoms with E-state index < -0.39 is 53.6 Å². The molecule has 4 atom stereocenters. The van der Waals surface area contributed by atoms with Gasteiger partial charge in [0.25, 0.3) is 0 Å². The molecule has 2 fully saturated rings. The summed E-state index contributed by atoms with van der Waals surface area (Å²) in [7, 11) is 2.88. The molecule has 2 heterocycles. The number of aliphatic carboxylic acids is 2. The van der Waals surface area contributed by atoms with Crippen molar-refractivity contribution in [2.75, 3.05) is 14.2 Å². The van der Waals surface area contributed by atoms with E-state index in [4.69, 9.17) is 9.47 Å². The molecule has 2 saturated heterocycles. The van der Waals surface area contributed by atoms with Crippen molar-refractivity contribution < 1.29 is 38.9 Å². The molecule has 10 nitrogen and oxygen atoms in total. The molecule has 11 heteroatoms. The second-order valence-electron chi connectivity index (χ2n) is 8.46. The Morgan fingerprint density at radius 1 is 1.09 bits per heavy atom. The number of hydrogen-bond donors (Lipinski definition) is 3. The second kappa shape index (κ2) is 9.31. The minimum absolute atomic E-state index is 0.0450. The largest absolute Gasteiger partial charge is 0.493 e. The molecule has 4 unspecified atom stereocenters. The van der Waals surface area contributed by atoms with Gasteiger partial charge < -0.3 is 19.7 Å². The number of imide groups is 1. The van der Waals surface area contributed by atoms with Crippen LogP contribution in [0, 0.1) is 11.8 Å². The number of methoxy groups -OCH3 is 2. The molecule has 2 aromatic rings. The third-order valence-electron chi connectivity index (χ3n) is 6.56. The lowest BCUT2D eigenvalue weighted by Gasteiger charge is -2.30. The minimum Gasteiger partial charge on any atom is -0.493 e. The van der Waals surface area contributed by atoms with Crippen molar-refractivity contribution >= 4 is 39.7 Å². The fraction of sp³-hybridized carbons (Fsp3) is 0.333. The SMILES string of the molecule is COc1cc(C2NC(CC(=O)O)(C(=O)O)C3C(=O)N(Cc4ccccc4)C(=O)C23)cc(Br)c1OC. The Kier molecular flexibility index (Phi) is 6.56. The maximum absolute atomic E-state index is 13.6. The molecule has 0 saturated carbocycles. The van der Waals surface area contributed by atoms with E-state index in [1.807, 2.05) is 0 Å². The van der Waals surface area contributed by atoms with Crippen LogP contribution in [0.25, 0.3) is 0 Å². The van der Waals surface area contributed by atoms with Crippen molar-refractivity contribution in [2.45, 2.75) is 24.5 Å². The van der Waals surface area contributed by atoms with Crippen LogP contribution in [0.4, 0.5) is 0 Å². The summed E-state index contributed by atoms with van der Waals surface area (Å²) in [5.41, 5.74) is -1.05. The molecule has 35 heavy (non-hydrogen) atoms. The van der Waals surface area contributed by atoms with Gasteiger partial charge in [0.15, 0.2) is 11.5 Å². The number of carbonyl (C=O) groups excluding carboxylic acids is 2. The summed E-state index contributed by atoms with van der Waals surface area (Å²) in [5, 5.41) is 22.6. The molecule has 2 aliphatic heterocycles. The lowest BCUT2D eigenvalue weighted by atomic mass is 9.77. The van der Waals surface area contributed by atoms with Gasteiger partial charge in [0.1, 0.15) is 5.54 Å². The predicted molar refractivity (Wildman–Crippen MR) is 125 cm³/mol. The summed E-state index contributed by atoms with van der Waals surface area (Å²) >= 11 is 3.39. The van der Waals surface area contributed by atoms with Gasteiger partial charge in [0.05, 0.1) is 43.5 Å². The van der Waals surface area contributed by atoms with Crippen LogP contribution in [0.2, 0.25) is 0 Å². The van der Waals surface area contributed by atoms with E-state index in [1.54, 1.807) is 42.5 Å². The van der Waals surface area contributed by atoms with Crippen LogP contribution in [0.3, 0.4) is 0 Å². The number of carbonyl (C=O) groups is 4. The maximum Gasteiger partial charge on any atom is 0.325 e. The van der Waals surface area contributed by atoms with E-state index in [2.05, 4.69) is 21.2 Å². The van der Waals surface area contributed by atoms with Crippen LogP contribution in [-0.4, -0.2) is 58.6 Å². The van der Waals surface area contributed by atoms with E-state index in [-0.39, 0.29) is 6.54 Å². The lowest BCUT2D eigenvalue weighted by Crippen LogP contribution is -2.56. The third kappa shape index (κ3) is 4.04. The Morgan fingerprint density at radius 2 is 1.77 bits per heavy atom. The zero-order chi connectivity index (χ0) is 25.5. The summed E-state index contributed by atoms with van der Waals surface area (Å²) in [4.78, 5) is 52.4. The molecule has 2 amide bonds. The van der Waals surface area contributed by atoms with Crippen molar-refractivity contribution in [1.29, 1.82) is 0 Å². The summed E-state index contributed by atoms with van der Waals surface area (Å²) in [5.74, 6) is -6.05. The Balaban J connectivity index is 1.84. The molecule has 0 radical (unpaired) electrons. The van der Waals surface area contributed by atoms with Gasteiger partial charge in [-0.05, 0) is 39.2 Å². The van der Waals surface area contributed by atoms with Crippen LogP contribution in [0.1, 0.15) is 23.6 Å². The molecule has 184 valence electrons. The fourth-order valence-electron chi connectivity index (χ4n) is 5.06. The van der Waals surface area contributed by atoms with Crippen molar-refractivity contribution in [1.82, 2.24) is 10.2 Å². The number of carboxylic acid groups (broad SMARTS) is 2. The van der Waals surface area contributed by atoms with E-state index >= 15 is 0 Å². The number of nitrogens with one attached hydrogen (secondary N) is 1. The van der Waals surface area contributed by atoms with E-state index in [0.717, 1.165) is 4.90 Å².